The number of aryl methyl sites for hydroxylation is 2. The van der Waals surface area contributed by atoms with Gasteiger partial charge >= 0.3 is 0 Å². The van der Waals surface area contributed by atoms with E-state index >= 15 is 0 Å². The Morgan fingerprint density at radius 2 is 1.82 bits per heavy atom. The van der Waals surface area contributed by atoms with Gasteiger partial charge in [-0.25, -0.2) is 0 Å². The number of tetrazole rings is 1. The zero-order chi connectivity index (χ0) is 19.9. The van der Waals surface area contributed by atoms with Crippen molar-refractivity contribution < 1.29 is 9.59 Å². The number of nitrogens with zero attached hydrogens (tertiary/aromatic N) is 4. The molecule has 3 rings (SSSR count). The molecule has 8 nitrogen and oxygen atoms in total. The van der Waals surface area contributed by atoms with Crippen molar-refractivity contribution in [2.45, 2.75) is 26.7 Å². The first-order valence-electron chi connectivity index (χ1n) is 8.99. The number of aromatic nitrogens is 4. The van der Waals surface area contributed by atoms with Crippen LogP contribution in [0.4, 0.5) is 5.69 Å². The Morgan fingerprint density at radius 3 is 2.54 bits per heavy atom. The van der Waals surface area contributed by atoms with Crippen LogP contribution in [0.15, 0.2) is 48.5 Å². The van der Waals surface area contributed by atoms with Crippen LogP contribution in [0.1, 0.15) is 23.4 Å². The van der Waals surface area contributed by atoms with E-state index in [1.54, 1.807) is 4.68 Å². The molecule has 0 radical (unpaired) electrons. The Kier molecular flexibility index (Phi) is 6.11. The minimum Gasteiger partial charge on any atom is -0.355 e. The molecule has 0 saturated carbocycles. The number of hydrogen-bond acceptors (Lipinski definition) is 5. The predicted molar refractivity (Wildman–Crippen MR) is 105 cm³/mol. The first-order valence-corrected chi connectivity index (χ1v) is 8.99. The summed E-state index contributed by atoms with van der Waals surface area (Å²) in [6, 6.07) is 15.0. The average Bonchev–Trinajstić information content (AvgIpc) is 3.10. The number of carbonyl (C=O) groups is 2. The maximum absolute atomic E-state index is 12.2. The third kappa shape index (κ3) is 5.00. The summed E-state index contributed by atoms with van der Waals surface area (Å²) < 4.78 is 1.62. The highest BCUT2D eigenvalue weighted by molar-refractivity contribution is 5.91. The van der Waals surface area contributed by atoms with Crippen molar-refractivity contribution in [2.75, 3.05) is 11.9 Å². The summed E-state index contributed by atoms with van der Waals surface area (Å²) in [5.74, 6) is 0.377. The second-order valence-corrected chi connectivity index (χ2v) is 6.45. The summed E-state index contributed by atoms with van der Waals surface area (Å²) in [7, 11) is 0. The van der Waals surface area contributed by atoms with Crippen LogP contribution in [0.5, 0.6) is 0 Å². The molecule has 0 aliphatic carbocycles. The van der Waals surface area contributed by atoms with Crippen LogP contribution in [0.2, 0.25) is 0 Å². The molecular formula is C20H22N6O2. The summed E-state index contributed by atoms with van der Waals surface area (Å²) in [6.07, 6.45) is 0.489. The quantitative estimate of drug-likeness (QED) is 0.654. The maximum Gasteiger partial charge on any atom is 0.226 e. The molecule has 144 valence electrons. The van der Waals surface area contributed by atoms with Gasteiger partial charge in [0.25, 0.3) is 0 Å². The number of hydrogen-bond donors (Lipinski definition) is 2. The number of anilines is 1. The SMILES string of the molecule is Cc1ccc(NC(=O)CCNC(=O)Cc2ccccc2)cc1-n1nnnc1C. The van der Waals surface area contributed by atoms with Gasteiger partial charge in [0.15, 0.2) is 5.82 Å². The lowest BCUT2D eigenvalue weighted by Gasteiger charge is -2.11. The highest BCUT2D eigenvalue weighted by Crippen LogP contribution is 2.19. The van der Waals surface area contributed by atoms with Crippen LogP contribution < -0.4 is 10.6 Å². The number of rotatable bonds is 7. The summed E-state index contributed by atoms with van der Waals surface area (Å²) >= 11 is 0. The van der Waals surface area contributed by atoms with Gasteiger partial charge < -0.3 is 10.6 Å². The van der Waals surface area contributed by atoms with E-state index in [4.69, 9.17) is 0 Å². The molecule has 1 heterocycles. The average molecular weight is 378 g/mol. The van der Waals surface area contributed by atoms with Crippen LogP contribution >= 0.6 is 0 Å². The monoisotopic (exact) mass is 378 g/mol. The molecule has 0 saturated heterocycles. The van der Waals surface area contributed by atoms with Crippen molar-refractivity contribution in [1.82, 2.24) is 25.5 Å². The molecule has 0 atom stereocenters. The van der Waals surface area contributed by atoms with E-state index in [0.717, 1.165) is 16.8 Å². The summed E-state index contributed by atoms with van der Waals surface area (Å²) in [4.78, 5) is 24.1. The lowest BCUT2D eigenvalue weighted by Crippen LogP contribution is -2.28. The molecule has 0 fully saturated rings. The highest BCUT2D eigenvalue weighted by atomic mass is 16.2. The van der Waals surface area contributed by atoms with Crippen molar-refractivity contribution >= 4 is 17.5 Å². The first kappa shape index (κ1) is 19.2. The molecule has 2 N–H and O–H groups in total. The molecule has 3 aromatic rings. The Morgan fingerprint density at radius 1 is 1.04 bits per heavy atom. The van der Waals surface area contributed by atoms with Gasteiger partial charge in [-0.1, -0.05) is 36.4 Å². The zero-order valence-corrected chi connectivity index (χ0v) is 15.8. The fourth-order valence-corrected chi connectivity index (χ4v) is 2.75. The second kappa shape index (κ2) is 8.90. The second-order valence-electron chi connectivity index (χ2n) is 6.45. The lowest BCUT2D eigenvalue weighted by molar-refractivity contribution is -0.120. The van der Waals surface area contributed by atoms with E-state index in [9.17, 15) is 9.59 Å². The molecule has 28 heavy (non-hydrogen) atoms. The van der Waals surface area contributed by atoms with Crippen LogP contribution in [0.3, 0.4) is 0 Å². The molecule has 0 bridgehead atoms. The number of amides is 2. The van der Waals surface area contributed by atoms with Crippen LogP contribution in [-0.4, -0.2) is 38.6 Å². The van der Waals surface area contributed by atoms with Gasteiger partial charge in [-0.3, -0.25) is 9.59 Å². The Hall–Kier alpha value is -3.55. The van der Waals surface area contributed by atoms with Crippen molar-refractivity contribution in [3.63, 3.8) is 0 Å². The maximum atomic E-state index is 12.2. The Balaban J connectivity index is 1.51. The van der Waals surface area contributed by atoms with Gasteiger partial charge in [-0.15, -0.1) is 5.10 Å². The zero-order valence-electron chi connectivity index (χ0n) is 15.8. The van der Waals surface area contributed by atoms with Crippen molar-refractivity contribution in [3.05, 3.63) is 65.5 Å². The minimum absolute atomic E-state index is 0.106. The first-order chi connectivity index (χ1) is 13.5. The third-order valence-corrected chi connectivity index (χ3v) is 4.23. The predicted octanol–water partition coefficient (Wildman–Crippen LogP) is 1.97. The molecule has 1 aromatic heterocycles. The van der Waals surface area contributed by atoms with E-state index in [-0.39, 0.29) is 24.8 Å². The van der Waals surface area contributed by atoms with Gasteiger partial charge in [0.1, 0.15) is 0 Å². The number of benzene rings is 2. The normalized spacial score (nSPS) is 10.5. The summed E-state index contributed by atoms with van der Waals surface area (Å²) in [5, 5.41) is 17.1. The minimum atomic E-state index is -0.178. The van der Waals surface area contributed by atoms with E-state index in [1.807, 2.05) is 62.4 Å². The number of nitrogens with one attached hydrogen (secondary N) is 2. The molecule has 0 spiro atoms. The standard InChI is InChI=1S/C20H22N6O2/c1-14-8-9-17(13-18(14)26-15(2)23-24-25-26)22-19(27)10-11-21-20(28)12-16-6-4-3-5-7-16/h3-9,13H,10-12H2,1-2H3,(H,21,28)(H,22,27). The summed E-state index contributed by atoms with van der Waals surface area (Å²) in [5.41, 5.74) is 3.38. The van der Waals surface area contributed by atoms with E-state index in [1.165, 1.54) is 0 Å². The van der Waals surface area contributed by atoms with E-state index in [2.05, 4.69) is 26.2 Å². The Bertz CT molecular complexity index is 968. The fourth-order valence-electron chi connectivity index (χ4n) is 2.75. The van der Waals surface area contributed by atoms with Gasteiger partial charge in [0.05, 0.1) is 12.1 Å². The van der Waals surface area contributed by atoms with Gasteiger partial charge in [-0.05, 0) is 47.5 Å². The summed E-state index contributed by atoms with van der Waals surface area (Å²) in [6.45, 7) is 4.04. The molecule has 8 heteroatoms. The fraction of sp³-hybridized carbons (Fsp3) is 0.250. The van der Waals surface area contributed by atoms with Crippen LogP contribution in [-0.2, 0) is 16.0 Å². The molecule has 2 aromatic carbocycles. The lowest BCUT2D eigenvalue weighted by atomic mass is 10.1. The van der Waals surface area contributed by atoms with Gasteiger partial charge in [0.2, 0.25) is 11.8 Å². The molecular weight excluding hydrogens is 356 g/mol. The highest BCUT2D eigenvalue weighted by Gasteiger charge is 2.10. The van der Waals surface area contributed by atoms with Crippen molar-refractivity contribution in [1.29, 1.82) is 0 Å². The van der Waals surface area contributed by atoms with E-state index < -0.39 is 0 Å². The van der Waals surface area contributed by atoms with Crippen LogP contribution in [0, 0.1) is 13.8 Å². The molecule has 2 amide bonds. The van der Waals surface area contributed by atoms with Gasteiger partial charge in [0, 0.05) is 18.7 Å². The van der Waals surface area contributed by atoms with Crippen molar-refractivity contribution in [3.8, 4) is 5.69 Å². The molecule has 0 aliphatic rings. The molecule has 0 aliphatic heterocycles. The largest absolute Gasteiger partial charge is 0.355 e. The molecule has 0 unspecified atom stereocenters. The van der Waals surface area contributed by atoms with Crippen LogP contribution in [0.25, 0.3) is 5.69 Å². The third-order valence-electron chi connectivity index (χ3n) is 4.23. The van der Waals surface area contributed by atoms with E-state index in [0.29, 0.717) is 17.9 Å². The van der Waals surface area contributed by atoms with Gasteiger partial charge in [-0.2, -0.15) is 4.68 Å². The topological polar surface area (TPSA) is 102 Å². The Labute approximate surface area is 163 Å². The number of carbonyl (C=O) groups excluding carboxylic acids is 2. The smallest absolute Gasteiger partial charge is 0.226 e. The van der Waals surface area contributed by atoms with Crippen molar-refractivity contribution in [2.24, 2.45) is 0 Å².